The van der Waals surface area contributed by atoms with Crippen LogP contribution in [0.3, 0.4) is 0 Å². The number of unbranched alkanes of at least 4 members (excludes halogenated alkanes) is 5. The van der Waals surface area contributed by atoms with Crippen LogP contribution in [0.25, 0.3) is 11.0 Å². The molecule has 0 saturated carbocycles. The minimum atomic E-state index is -0.595. The molecule has 148 valence electrons. The molecule has 0 aliphatic carbocycles. The zero-order valence-corrected chi connectivity index (χ0v) is 16.3. The first kappa shape index (κ1) is 19.9. The van der Waals surface area contributed by atoms with Gasteiger partial charge in [-0.25, -0.2) is 0 Å². The molecule has 1 aliphatic rings. The van der Waals surface area contributed by atoms with Crippen molar-refractivity contribution >= 4 is 16.9 Å². The van der Waals surface area contributed by atoms with Crippen molar-refractivity contribution in [2.45, 2.75) is 77.0 Å². The Balaban J connectivity index is 1.49. The highest BCUT2D eigenvalue weighted by Crippen LogP contribution is 2.22. The van der Waals surface area contributed by atoms with Crippen molar-refractivity contribution in [3.8, 4) is 0 Å². The molecule has 0 bridgehead atoms. The summed E-state index contributed by atoms with van der Waals surface area (Å²) in [5.74, 6) is 0.892. The van der Waals surface area contributed by atoms with E-state index in [0.717, 1.165) is 28.7 Å². The van der Waals surface area contributed by atoms with Crippen molar-refractivity contribution in [1.82, 2.24) is 10.6 Å². The predicted octanol–water partition coefficient (Wildman–Crippen LogP) is 3.67. The molecular formula is C22H32N2O3. The Morgan fingerprint density at radius 3 is 2.81 bits per heavy atom. The summed E-state index contributed by atoms with van der Waals surface area (Å²) in [6.07, 6.45) is 8.70. The van der Waals surface area contributed by atoms with Gasteiger partial charge < -0.3 is 20.2 Å². The van der Waals surface area contributed by atoms with Crippen LogP contribution in [0.4, 0.5) is 0 Å². The average Bonchev–Trinajstić information content (AvgIpc) is 3.27. The highest BCUT2D eigenvalue weighted by molar-refractivity contribution is 5.83. The molecule has 1 fully saturated rings. The van der Waals surface area contributed by atoms with Gasteiger partial charge in [-0.2, -0.15) is 0 Å². The quantitative estimate of drug-likeness (QED) is 0.556. The summed E-state index contributed by atoms with van der Waals surface area (Å²) in [4.78, 5) is 12.2. The largest absolute Gasteiger partial charge is 0.461 e. The number of carbonyl (C=O) groups is 1. The highest BCUT2D eigenvalue weighted by atomic mass is 16.3. The summed E-state index contributed by atoms with van der Waals surface area (Å²) < 4.78 is 6.00. The smallest absolute Gasteiger partial charge is 0.240 e. The number of aliphatic hydroxyl groups excluding tert-OH is 1. The third-order valence-corrected chi connectivity index (χ3v) is 5.35. The summed E-state index contributed by atoms with van der Waals surface area (Å²) >= 11 is 0. The molecule has 5 nitrogen and oxygen atoms in total. The zero-order valence-electron chi connectivity index (χ0n) is 16.3. The van der Waals surface area contributed by atoms with Crippen LogP contribution in [0.1, 0.15) is 63.2 Å². The van der Waals surface area contributed by atoms with Crippen molar-refractivity contribution in [2.24, 2.45) is 0 Å². The summed E-state index contributed by atoms with van der Waals surface area (Å²) in [6.45, 7) is 3.36. The fraction of sp³-hybridized carbons (Fsp3) is 0.591. The number of carbonyl (C=O) groups excluding carboxylic acids is 1. The molecule has 5 heteroatoms. The number of rotatable bonds is 10. The number of furan rings is 1. The van der Waals surface area contributed by atoms with E-state index in [1.807, 2.05) is 18.2 Å². The number of hydrogen-bond acceptors (Lipinski definition) is 4. The van der Waals surface area contributed by atoms with Crippen LogP contribution in [0.15, 0.2) is 28.7 Å². The SMILES string of the molecule is CCCCCCCCc1cc2ccc(CNC(=O)[C@H]3NCC[C@@H]3O)cc2o1. The van der Waals surface area contributed by atoms with Gasteiger partial charge in [0.05, 0.1) is 6.10 Å². The Morgan fingerprint density at radius 1 is 1.22 bits per heavy atom. The van der Waals surface area contributed by atoms with E-state index < -0.39 is 12.1 Å². The lowest BCUT2D eigenvalue weighted by atomic mass is 10.1. The molecule has 0 unspecified atom stereocenters. The first-order chi connectivity index (χ1) is 13.2. The summed E-state index contributed by atoms with van der Waals surface area (Å²) in [7, 11) is 0. The van der Waals surface area contributed by atoms with E-state index >= 15 is 0 Å². The van der Waals surface area contributed by atoms with Gasteiger partial charge in [0.1, 0.15) is 17.4 Å². The second-order valence-electron chi connectivity index (χ2n) is 7.61. The maximum absolute atomic E-state index is 12.2. The molecule has 2 heterocycles. The Morgan fingerprint density at radius 2 is 2.04 bits per heavy atom. The lowest BCUT2D eigenvalue weighted by molar-refractivity contribution is -0.124. The zero-order chi connectivity index (χ0) is 19.1. The Kier molecular flexibility index (Phi) is 7.30. The molecule has 0 spiro atoms. The maximum Gasteiger partial charge on any atom is 0.240 e. The maximum atomic E-state index is 12.2. The molecule has 1 aromatic carbocycles. The van der Waals surface area contributed by atoms with Crippen LogP contribution >= 0.6 is 0 Å². The van der Waals surface area contributed by atoms with Gasteiger partial charge >= 0.3 is 0 Å². The van der Waals surface area contributed by atoms with E-state index in [-0.39, 0.29) is 5.91 Å². The van der Waals surface area contributed by atoms with Crippen LogP contribution in [-0.4, -0.2) is 29.7 Å². The number of aliphatic hydroxyl groups is 1. The molecule has 1 aromatic heterocycles. The average molecular weight is 373 g/mol. The van der Waals surface area contributed by atoms with Gasteiger partial charge in [-0.3, -0.25) is 4.79 Å². The van der Waals surface area contributed by atoms with E-state index in [4.69, 9.17) is 4.42 Å². The number of nitrogens with one attached hydrogen (secondary N) is 2. The molecular weight excluding hydrogens is 340 g/mol. The highest BCUT2D eigenvalue weighted by Gasteiger charge is 2.30. The molecule has 2 aromatic rings. The van der Waals surface area contributed by atoms with Crippen molar-refractivity contribution in [1.29, 1.82) is 0 Å². The molecule has 1 amide bonds. The molecule has 2 atom stereocenters. The van der Waals surface area contributed by atoms with Crippen LogP contribution in [0, 0.1) is 0 Å². The van der Waals surface area contributed by atoms with E-state index in [0.29, 0.717) is 19.5 Å². The molecule has 3 N–H and O–H groups in total. The van der Waals surface area contributed by atoms with Crippen molar-refractivity contribution in [3.63, 3.8) is 0 Å². The fourth-order valence-corrected chi connectivity index (χ4v) is 3.70. The van der Waals surface area contributed by atoms with Gasteiger partial charge in [0.15, 0.2) is 0 Å². The molecule has 3 rings (SSSR count). The van der Waals surface area contributed by atoms with Crippen LogP contribution in [0.2, 0.25) is 0 Å². The van der Waals surface area contributed by atoms with Gasteiger partial charge in [-0.1, -0.05) is 51.2 Å². The topological polar surface area (TPSA) is 74.5 Å². The number of amides is 1. The van der Waals surface area contributed by atoms with Crippen molar-refractivity contribution < 1.29 is 14.3 Å². The molecule has 27 heavy (non-hydrogen) atoms. The lowest BCUT2D eigenvalue weighted by Crippen LogP contribution is -2.45. The van der Waals surface area contributed by atoms with Crippen LogP contribution < -0.4 is 10.6 Å². The first-order valence-electron chi connectivity index (χ1n) is 10.4. The molecule has 1 saturated heterocycles. The van der Waals surface area contributed by atoms with E-state index in [2.05, 4.69) is 23.6 Å². The third kappa shape index (κ3) is 5.56. The van der Waals surface area contributed by atoms with Crippen molar-refractivity contribution in [3.05, 3.63) is 35.6 Å². The minimum Gasteiger partial charge on any atom is -0.461 e. The Hall–Kier alpha value is -1.85. The number of aryl methyl sites for hydroxylation is 1. The Labute approximate surface area is 161 Å². The molecule has 1 aliphatic heterocycles. The predicted molar refractivity (Wildman–Crippen MR) is 108 cm³/mol. The Bertz CT molecular complexity index is 740. The minimum absolute atomic E-state index is 0.150. The second-order valence-corrected chi connectivity index (χ2v) is 7.61. The van der Waals surface area contributed by atoms with E-state index in [9.17, 15) is 9.90 Å². The van der Waals surface area contributed by atoms with Gasteiger partial charge in [0.25, 0.3) is 0 Å². The second kappa shape index (κ2) is 9.90. The summed E-state index contributed by atoms with van der Waals surface area (Å²) in [6, 6.07) is 7.70. The fourth-order valence-electron chi connectivity index (χ4n) is 3.70. The standard InChI is InChI=1S/C22H32N2O3/c1-2-3-4-5-6-7-8-18-14-17-10-9-16(13-20(17)27-18)15-24-22(26)21-19(25)11-12-23-21/h9-10,13-14,19,21,23,25H,2-8,11-12,15H2,1H3,(H,24,26)/t19-,21-/m0/s1. The van der Waals surface area contributed by atoms with E-state index in [1.165, 1.54) is 38.5 Å². The molecule has 0 radical (unpaired) electrons. The monoisotopic (exact) mass is 372 g/mol. The number of hydrogen-bond donors (Lipinski definition) is 3. The van der Waals surface area contributed by atoms with Gasteiger partial charge in [0.2, 0.25) is 5.91 Å². The van der Waals surface area contributed by atoms with Gasteiger partial charge in [0, 0.05) is 18.4 Å². The summed E-state index contributed by atoms with van der Waals surface area (Å²) in [5, 5.41) is 16.8. The third-order valence-electron chi connectivity index (χ3n) is 5.35. The van der Waals surface area contributed by atoms with E-state index in [1.54, 1.807) is 0 Å². The summed E-state index contributed by atoms with van der Waals surface area (Å²) in [5.41, 5.74) is 1.88. The van der Waals surface area contributed by atoms with Gasteiger partial charge in [-0.05, 0) is 37.1 Å². The number of benzene rings is 1. The lowest BCUT2D eigenvalue weighted by Gasteiger charge is -2.14. The van der Waals surface area contributed by atoms with Crippen molar-refractivity contribution in [2.75, 3.05) is 6.54 Å². The van der Waals surface area contributed by atoms with Crippen LogP contribution in [0.5, 0.6) is 0 Å². The van der Waals surface area contributed by atoms with Crippen LogP contribution in [-0.2, 0) is 17.8 Å². The van der Waals surface area contributed by atoms with Gasteiger partial charge in [-0.15, -0.1) is 0 Å². The number of fused-ring (bicyclic) bond motifs is 1. The normalized spacial score (nSPS) is 19.6. The first-order valence-corrected chi connectivity index (χ1v) is 10.4.